The number of hydrogen-bond donors (Lipinski definition) is 1. The van der Waals surface area contributed by atoms with Gasteiger partial charge in [0.05, 0.1) is 5.60 Å². The van der Waals surface area contributed by atoms with E-state index < -0.39 is 0 Å². The summed E-state index contributed by atoms with van der Waals surface area (Å²) < 4.78 is 5.87. The molecule has 0 aliphatic carbocycles. The molecule has 0 bridgehead atoms. The van der Waals surface area contributed by atoms with Crippen LogP contribution in [0.25, 0.3) is 0 Å². The Labute approximate surface area is 86.9 Å². The average molecular weight is 194 g/mol. The van der Waals surface area contributed by atoms with Crippen LogP contribution in [0, 0.1) is 11.2 Å². The van der Waals surface area contributed by atoms with E-state index in [1.165, 1.54) is 0 Å². The third-order valence-electron chi connectivity index (χ3n) is 3.04. The summed E-state index contributed by atoms with van der Waals surface area (Å²) >= 11 is 0. The van der Waals surface area contributed by atoms with Crippen molar-refractivity contribution in [1.82, 2.24) is 5.32 Å². The van der Waals surface area contributed by atoms with Crippen molar-refractivity contribution >= 4 is 6.71 Å². The topological polar surface area (TPSA) is 45.0 Å². The SMILES string of the molecule is CCC1(CCB(C)C#N)CNC(C)O1. The molecule has 4 heteroatoms. The fourth-order valence-corrected chi connectivity index (χ4v) is 1.86. The van der Waals surface area contributed by atoms with Gasteiger partial charge in [-0.15, -0.1) is 0 Å². The number of nitrogens with zero attached hydrogens (tertiary/aromatic N) is 1. The lowest BCUT2D eigenvalue weighted by molar-refractivity contribution is -0.0357. The first-order valence-corrected chi connectivity index (χ1v) is 5.43. The van der Waals surface area contributed by atoms with Crippen molar-refractivity contribution in [2.24, 2.45) is 0 Å². The van der Waals surface area contributed by atoms with Crippen molar-refractivity contribution < 1.29 is 4.74 Å². The normalized spacial score (nSPS) is 31.4. The van der Waals surface area contributed by atoms with Gasteiger partial charge in [-0.05, 0) is 19.8 Å². The molecule has 1 saturated heterocycles. The smallest absolute Gasteiger partial charge is 0.264 e. The van der Waals surface area contributed by atoms with Gasteiger partial charge >= 0.3 is 0 Å². The van der Waals surface area contributed by atoms with Gasteiger partial charge in [0.1, 0.15) is 6.23 Å². The van der Waals surface area contributed by atoms with E-state index in [1.807, 2.05) is 13.7 Å². The van der Waals surface area contributed by atoms with Gasteiger partial charge in [-0.25, -0.2) is 5.26 Å². The largest absolute Gasteiger partial charge is 0.356 e. The van der Waals surface area contributed by atoms with Gasteiger partial charge in [0, 0.05) is 12.5 Å². The van der Waals surface area contributed by atoms with E-state index in [9.17, 15) is 0 Å². The lowest BCUT2D eigenvalue weighted by atomic mass is 9.50. The maximum absolute atomic E-state index is 8.71. The van der Waals surface area contributed by atoms with Gasteiger partial charge in [-0.2, -0.15) is 0 Å². The fourth-order valence-electron chi connectivity index (χ4n) is 1.86. The molecule has 0 aromatic carbocycles. The Morgan fingerprint density at radius 3 is 2.86 bits per heavy atom. The zero-order valence-corrected chi connectivity index (χ0v) is 9.34. The van der Waals surface area contributed by atoms with Crippen LogP contribution in [0.2, 0.25) is 13.1 Å². The van der Waals surface area contributed by atoms with Crippen LogP contribution in [0.5, 0.6) is 0 Å². The molecule has 14 heavy (non-hydrogen) atoms. The molecule has 0 saturated carbocycles. The first-order valence-electron chi connectivity index (χ1n) is 5.43. The van der Waals surface area contributed by atoms with Crippen LogP contribution < -0.4 is 5.32 Å². The Morgan fingerprint density at radius 1 is 1.71 bits per heavy atom. The van der Waals surface area contributed by atoms with Gasteiger partial charge < -0.3 is 4.74 Å². The number of hydrogen-bond acceptors (Lipinski definition) is 3. The second-order valence-corrected chi connectivity index (χ2v) is 4.25. The van der Waals surface area contributed by atoms with E-state index >= 15 is 0 Å². The summed E-state index contributed by atoms with van der Waals surface area (Å²) in [5.41, 5.74) is -0.0233. The average Bonchev–Trinajstić information content (AvgIpc) is 2.57. The molecule has 0 aromatic heterocycles. The summed E-state index contributed by atoms with van der Waals surface area (Å²) in [6.07, 6.45) is 3.09. The Kier molecular flexibility index (Phi) is 3.97. The zero-order chi connectivity index (χ0) is 10.6. The van der Waals surface area contributed by atoms with Crippen molar-refractivity contribution in [3.63, 3.8) is 0 Å². The number of rotatable bonds is 4. The van der Waals surface area contributed by atoms with Gasteiger partial charge in [-0.1, -0.05) is 20.1 Å². The Hall–Kier alpha value is -0.525. The van der Waals surface area contributed by atoms with Crippen molar-refractivity contribution in [2.45, 2.75) is 51.7 Å². The fraction of sp³-hybridized carbons (Fsp3) is 0.900. The van der Waals surface area contributed by atoms with Gasteiger partial charge in [0.25, 0.3) is 6.71 Å². The minimum atomic E-state index is -0.0233. The van der Waals surface area contributed by atoms with E-state index in [1.54, 1.807) is 0 Å². The highest BCUT2D eigenvalue weighted by atomic mass is 16.5. The molecule has 1 rings (SSSR count). The zero-order valence-electron chi connectivity index (χ0n) is 9.34. The van der Waals surface area contributed by atoms with Crippen LogP contribution in [0.4, 0.5) is 0 Å². The first-order chi connectivity index (χ1) is 6.62. The molecule has 1 aliphatic heterocycles. The maximum atomic E-state index is 8.71. The third-order valence-corrected chi connectivity index (χ3v) is 3.04. The molecule has 1 fully saturated rings. The second kappa shape index (κ2) is 4.81. The van der Waals surface area contributed by atoms with E-state index in [0.29, 0.717) is 0 Å². The van der Waals surface area contributed by atoms with Crippen LogP contribution in [0.15, 0.2) is 0 Å². The monoisotopic (exact) mass is 194 g/mol. The summed E-state index contributed by atoms with van der Waals surface area (Å²) in [5.74, 6) is 2.27. The Bertz CT molecular complexity index is 229. The van der Waals surface area contributed by atoms with Crippen LogP contribution in [-0.2, 0) is 4.74 Å². The van der Waals surface area contributed by atoms with Crippen molar-refractivity contribution in [3.8, 4) is 5.97 Å². The highest BCUT2D eigenvalue weighted by molar-refractivity contribution is 6.65. The molecule has 0 amide bonds. The van der Waals surface area contributed by atoms with E-state index in [2.05, 4.69) is 18.2 Å². The number of nitriles is 1. The molecular weight excluding hydrogens is 175 g/mol. The molecule has 1 N–H and O–H groups in total. The molecular formula is C10H19BN2O. The van der Waals surface area contributed by atoms with Crippen LogP contribution >= 0.6 is 0 Å². The maximum Gasteiger partial charge on any atom is 0.264 e. The minimum Gasteiger partial charge on any atom is -0.356 e. The molecule has 0 radical (unpaired) electrons. The van der Waals surface area contributed by atoms with Gasteiger partial charge in [0.15, 0.2) is 0 Å². The van der Waals surface area contributed by atoms with Gasteiger partial charge in [0.2, 0.25) is 0 Å². The van der Waals surface area contributed by atoms with E-state index in [-0.39, 0.29) is 18.5 Å². The predicted molar refractivity (Wildman–Crippen MR) is 58.2 cm³/mol. The standard InChI is InChI=1S/C10H19BN2O/c1-4-10(5-6-11(3)8-12)7-13-9(2)14-10/h9,13H,4-7H2,1-3H3. The summed E-state index contributed by atoms with van der Waals surface area (Å²) in [6, 6.07) is 0. The molecule has 0 spiro atoms. The quantitative estimate of drug-likeness (QED) is 0.692. The molecule has 1 aliphatic rings. The first kappa shape index (κ1) is 11.5. The highest BCUT2D eigenvalue weighted by Crippen LogP contribution is 2.28. The van der Waals surface area contributed by atoms with Crippen LogP contribution in [0.1, 0.15) is 26.7 Å². The molecule has 3 nitrogen and oxygen atoms in total. The van der Waals surface area contributed by atoms with Crippen molar-refractivity contribution in [2.75, 3.05) is 6.54 Å². The lowest BCUT2D eigenvalue weighted by Gasteiger charge is -2.26. The Balaban J connectivity index is 2.43. The summed E-state index contributed by atoms with van der Waals surface area (Å²) in [4.78, 5) is 0. The molecule has 2 atom stereocenters. The second-order valence-electron chi connectivity index (χ2n) is 4.25. The highest BCUT2D eigenvalue weighted by Gasteiger charge is 2.36. The van der Waals surface area contributed by atoms with E-state index in [4.69, 9.17) is 10.00 Å². The number of nitrogens with one attached hydrogen (secondary N) is 1. The van der Waals surface area contributed by atoms with Crippen LogP contribution in [-0.4, -0.2) is 25.1 Å². The van der Waals surface area contributed by atoms with Gasteiger partial charge in [-0.3, -0.25) is 5.32 Å². The number of ether oxygens (including phenoxy) is 1. The molecule has 78 valence electrons. The summed E-state index contributed by atoms with van der Waals surface area (Å²) in [5, 5.41) is 12.0. The van der Waals surface area contributed by atoms with Crippen LogP contribution in [0.3, 0.4) is 0 Å². The molecule has 1 heterocycles. The lowest BCUT2D eigenvalue weighted by Crippen LogP contribution is -2.33. The molecule has 0 aromatic rings. The van der Waals surface area contributed by atoms with Crippen molar-refractivity contribution in [1.29, 1.82) is 5.26 Å². The molecule has 2 unspecified atom stereocenters. The Morgan fingerprint density at radius 2 is 2.43 bits per heavy atom. The summed E-state index contributed by atoms with van der Waals surface area (Å²) in [7, 11) is 0. The van der Waals surface area contributed by atoms with E-state index in [0.717, 1.165) is 25.7 Å². The summed E-state index contributed by atoms with van der Waals surface area (Å²) in [6.45, 7) is 7.21. The minimum absolute atomic E-state index is 0.0233. The third kappa shape index (κ3) is 2.73. The van der Waals surface area contributed by atoms with Crippen molar-refractivity contribution in [3.05, 3.63) is 0 Å². The predicted octanol–water partition coefficient (Wildman–Crippen LogP) is 1.68.